The Bertz CT molecular complexity index is 2970. The van der Waals surface area contributed by atoms with Crippen molar-refractivity contribution >= 4 is 55.4 Å². The lowest BCUT2D eigenvalue weighted by Gasteiger charge is -2.36. The molecule has 2 amide bonds. The number of nitrogens with zero attached hydrogens (tertiary/aromatic N) is 5. The van der Waals surface area contributed by atoms with E-state index in [4.69, 9.17) is 19.0 Å². The van der Waals surface area contributed by atoms with Crippen LogP contribution in [-0.2, 0) is 43.9 Å². The third kappa shape index (κ3) is 12.8. The number of rotatable bonds is 21. The van der Waals surface area contributed by atoms with Crippen molar-refractivity contribution in [2.75, 3.05) is 26.4 Å². The Morgan fingerprint density at radius 1 is 0.930 bits per heavy atom. The van der Waals surface area contributed by atoms with Gasteiger partial charge < -0.3 is 34.6 Å². The van der Waals surface area contributed by atoms with E-state index in [1.165, 1.54) is 0 Å². The number of hydrogen-bond donors (Lipinski definition) is 3. The second-order valence-corrected chi connectivity index (χ2v) is 22.4. The van der Waals surface area contributed by atoms with Crippen molar-refractivity contribution in [3.63, 3.8) is 0 Å². The highest BCUT2D eigenvalue weighted by atomic mass is 32.1. The number of likely N-dealkylation sites (tertiary alicyclic amines) is 1. The van der Waals surface area contributed by atoms with Gasteiger partial charge in [-0.05, 0) is 60.1 Å². The maximum absolute atomic E-state index is 14.1. The van der Waals surface area contributed by atoms with E-state index in [1.54, 1.807) is 27.6 Å². The second-order valence-electron chi connectivity index (χ2n) is 20.6. The fraction of sp³-hybridized carbons (Fsp3) is 0.418. The van der Waals surface area contributed by atoms with E-state index in [9.17, 15) is 19.5 Å². The molecule has 0 saturated carbocycles. The molecule has 4 aromatic heterocycles. The number of aromatic nitrogens is 4. The van der Waals surface area contributed by atoms with Gasteiger partial charge in [0.2, 0.25) is 11.8 Å². The normalized spacial score (nSPS) is 15.6. The summed E-state index contributed by atoms with van der Waals surface area (Å²) in [7, 11) is 0. The topological polar surface area (TPSA) is 173 Å². The molecule has 5 heterocycles. The number of ether oxygens (including phenoxy) is 2. The number of aliphatic hydroxyl groups is 1. The fourth-order valence-electron chi connectivity index (χ4n) is 8.63. The van der Waals surface area contributed by atoms with Crippen LogP contribution < -0.4 is 15.4 Å². The van der Waals surface area contributed by atoms with Crippen LogP contribution in [0.25, 0.3) is 36.9 Å². The summed E-state index contributed by atoms with van der Waals surface area (Å²) in [5, 5.41) is 21.2. The first kappa shape index (κ1) is 51.2. The van der Waals surface area contributed by atoms with E-state index < -0.39 is 23.6 Å². The first-order chi connectivity index (χ1) is 33.9. The number of β-amino-alcohol motifs (C(OH)–C–C–N with tert-alkyl or cyclic N) is 1. The molecule has 1 aliphatic heterocycles. The molecule has 0 unspecified atom stereocenters. The summed E-state index contributed by atoms with van der Waals surface area (Å²) in [5.74, 6) is 1.12. The van der Waals surface area contributed by atoms with Crippen molar-refractivity contribution in [1.29, 1.82) is 0 Å². The highest BCUT2D eigenvalue weighted by Crippen LogP contribution is 2.33. The Balaban J connectivity index is 0.737. The molecule has 374 valence electrons. The zero-order valence-corrected chi connectivity index (χ0v) is 43.4. The molecule has 8 rings (SSSR count). The lowest BCUT2D eigenvalue weighted by molar-refractivity contribution is -0.140. The van der Waals surface area contributed by atoms with Gasteiger partial charge in [0.25, 0.3) is 0 Å². The van der Waals surface area contributed by atoms with Crippen LogP contribution in [0.3, 0.4) is 0 Å². The summed E-state index contributed by atoms with van der Waals surface area (Å²) in [6.45, 7) is 20.1. The molecule has 0 radical (unpaired) electrons. The molecular weight excluding hydrogens is 935 g/mol. The monoisotopic (exact) mass is 999 g/mol. The summed E-state index contributed by atoms with van der Waals surface area (Å²) in [4.78, 5) is 53.1. The number of amides is 2. The summed E-state index contributed by atoms with van der Waals surface area (Å²) < 4.78 is 20.5. The zero-order chi connectivity index (χ0) is 50.5. The molecule has 1 fully saturated rings. The third-order valence-corrected chi connectivity index (χ3v) is 14.7. The van der Waals surface area contributed by atoms with Gasteiger partial charge in [-0.2, -0.15) is 0 Å². The number of fused-ring (bicyclic) bond motifs is 3. The highest BCUT2D eigenvalue weighted by molar-refractivity contribution is 7.23. The van der Waals surface area contributed by atoms with Crippen LogP contribution in [0.2, 0.25) is 0 Å². The van der Waals surface area contributed by atoms with Gasteiger partial charge >= 0.3 is 0 Å². The molecule has 7 aromatic rings. The van der Waals surface area contributed by atoms with Crippen LogP contribution in [0, 0.1) is 12.3 Å². The number of ketones is 1. The van der Waals surface area contributed by atoms with Crippen LogP contribution in [0.5, 0.6) is 5.75 Å². The summed E-state index contributed by atoms with van der Waals surface area (Å²) >= 11 is 3.22. The predicted octanol–water partition coefficient (Wildman–Crippen LogP) is 9.65. The Morgan fingerprint density at radius 3 is 2.37 bits per heavy atom. The fourth-order valence-corrected chi connectivity index (χ4v) is 10.5. The third-order valence-electron chi connectivity index (χ3n) is 12.7. The number of carbonyl (C=O) groups excluding carboxylic acids is 3. The predicted molar refractivity (Wildman–Crippen MR) is 280 cm³/mol. The number of aryl methyl sites for hydroxylation is 1. The number of imidazole rings is 1. The molecule has 0 aliphatic carbocycles. The Kier molecular flexibility index (Phi) is 15.9. The van der Waals surface area contributed by atoms with Crippen LogP contribution in [0.4, 0.5) is 0 Å². The van der Waals surface area contributed by atoms with Gasteiger partial charge in [-0.1, -0.05) is 113 Å². The number of nitrogens with one attached hydrogen (secondary N) is 2. The van der Waals surface area contributed by atoms with Crippen molar-refractivity contribution in [2.45, 2.75) is 117 Å². The van der Waals surface area contributed by atoms with Gasteiger partial charge in [0.1, 0.15) is 23.3 Å². The summed E-state index contributed by atoms with van der Waals surface area (Å²) in [6, 6.07) is 23.0. The Morgan fingerprint density at radius 2 is 1.66 bits per heavy atom. The average molecular weight is 1000 g/mol. The molecule has 3 aromatic carbocycles. The SMILES string of the molecule is C=C(NCc1ccc(-c2scnc2C)cc1)[C@@H]1C[C@@H](O)CN1C(=O)[C@@H](NC(=O)CCOCCCCOc1ccc2c(c1)sc1nc(-c3ccc(CC(=O)Cc4cc(C(C)(C)C)on4)cc3)cn12)C(C)(C)C. The summed E-state index contributed by atoms with van der Waals surface area (Å²) in [6.07, 6.45) is 3.92. The summed E-state index contributed by atoms with van der Waals surface area (Å²) in [5.41, 5.74) is 9.43. The molecular formula is C55H65N7O7S2. The first-order valence-corrected chi connectivity index (χ1v) is 26.0. The molecule has 14 nitrogen and oxygen atoms in total. The van der Waals surface area contributed by atoms with Gasteiger partial charge in [0.15, 0.2) is 4.96 Å². The first-order valence-electron chi connectivity index (χ1n) is 24.3. The van der Waals surface area contributed by atoms with Crippen LogP contribution in [-0.4, -0.2) is 91.7 Å². The van der Waals surface area contributed by atoms with Crippen LogP contribution >= 0.6 is 22.7 Å². The number of unbranched alkanes of at least 4 members (excludes halogenated alkanes) is 1. The molecule has 1 saturated heterocycles. The molecule has 1 aliphatic rings. The number of aliphatic hydroxyl groups excluding tert-OH is 1. The number of hydrogen-bond acceptors (Lipinski definition) is 13. The number of Topliss-reactive ketones (excluding diaryl/α,β-unsaturated/α-hetero) is 1. The smallest absolute Gasteiger partial charge is 0.246 e. The van der Waals surface area contributed by atoms with Crippen molar-refractivity contribution in [2.24, 2.45) is 5.41 Å². The molecule has 3 atom stereocenters. The van der Waals surface area contributed by atoms with Gasteiger partial charge in [-0.15, -0.1) is 11.3 Å². The molecule has 0 bridgehead atoms. The molecule has 71 heavy (non-hydrogen) atoms. The minimum Gasteiger partial charge on any atom is -0.494 e. The van der Waals surface area contributed by atoms with Gasteiger partial charge in [0.05, 0.1) is 69.5 Å². The quantitative estimate of drug-likeness (QED) is 0.0585. The maximum atomic E-state index is 14.1. The van der Waals surface area contributed by atoms with Crippen molar-refractivity contribution in [3.8, 4) is 27.4 Å². The largest absolute Gasteiger partial charge is 0.494 e. The van der Waals surface area contributed by atoms with Crippen molar-refractivity contribution in [3.05, 3.63) is 125 Å². The Hall–Kier alpha value is -6.20. The minimum absolute atomic E-state index is 0.0823. The highest BCUT2D eigenvalue weighted by Gasteiger charge is 2.43. The van der Waals surface area contributed by atoms with Crippen molar-refractivity contribution in [1.82, 2.24) is 35.1 Å². The van der Waals surface area contributed by atoms with E-state index >= 15 is 0 Å². The molecule has 0 spiro atoms. The molecule has 16 heteroatoms. The second kappa shape index (κ2) is 22.1. The zero-order valence-electron chi connectivity index (χ0n) is 41.7. The Labute approximate surface area is 423 Å². The standard InChI is InChI=1S/C55H65N7O7S2/c1-34(56-30-37-13-17-39(18-14-37)50-35(2)57-33-70-50)46-28-42(64)31-61(46)52(66)51(55(6,7)8)59-49(65)21-24-67-22-9-10-23-68-43-19-20-45-47(29-43)71-53-58-44(32-62(45)53)38-15-11-36(12-16-38)25-41(63)26-40-27-48(69-60-40)54(3,4)5/h11-20,27,29,32-33,42,46,51,56,64H,1,9-10,21-26,28,30-31H2,2-8H3,(H,59,65)/t42-,46+,51-/m1/s1. The maximum Gasteiger partial charge on any atom is 0.246 e. The van der Waals surface area contributed by atoms with Crippen LogP contribution in [0.15, 0.2) is 101 Å². The van der Waals surface area contributed by atoms with Gasteiger partial charge in [-0.25, -0.2) is 9.97 Å². The van der Waals surface area contributed by atoms with E-state index in [0.717, 1.165) is 78.0 Å². The number of benzene rings is 3. The van der Waals surface area contributed by atoms with Crippen LogP contribution in [0.1, 0.15) is 95.5 Å². The van der Waals surface area contributed by atoms with Gasteiger partial charge in [0, 0.05) is 67.9 Å². The lowest BCUT2D eigenvalue weighted by Crippen LogP contribution is -2.56. The van der Waals surface area contributed by atoms with Crippen molar-refractivity contribution < 1.29 is 33.5 Å². The van der Waals surface area contributed by atoms with E-state index in [-0.39, 0.29) is 49.0 Å². The van der Waals surface area contributed by atoms with E-state index in [2.05, 4.69) is 76.8 Å². The number of carbonyl (C=O) groups is 3. The van der Waals surface area contributed by atoms with E-state index in [1.807, 2.05) is 87.9 Å². The number of thiazole rings is 2. The molecule has 3 N–H and O–H groups in total. The van der Waals surface area contributed by atoms with Gasteiger partial charge in [-0.3, -0.25) is 18.8 Å². The average Bonchev–Trinajstić information content (AvgIpc) is 4.18. The minimum atomic E-state index is -0.805. The van der Waals surface area contributed by atoms with E-state index in [0.29, 0.717) is 44.0 Å². The lowest BCUT2D eigenvalue weighted by atomic mass is 9.85.